The van der Waals surface area contributed by atoms with Gasteiger partial charge in [-0.25, -0.2) is 0 Å². The van der Waals surface area contributed by atoms with Crippen LogP contribution in [0.5, 0.6) is 5.75 Å². The number of benzene rings is 1. The van der Waals surface area contributed by atoms with E-state index in [-0.39, 0.29) is 0 Å². The molecular formula is C15H24N2O. The highest BCUT2D eigenvalue weighted by Crippen LogP contribution is 2.26. The molecule has 0 fully saturated rings. The maximum atomic E-state index is 5.81. The fourth-order valence-electron chi connectivity index (χ4n) is 2.55. The Morgan fingerprint density at radius 1 is 1.39 bits per heavy atom. The molecule has 2 rings (SSSR count). The van der Waals surface area contributed by atoms with Gasteiger partial charge in [-0.1, -0.05) is 18.2 Å². The van der Waals surface area contributed by atoms with Gasteiger partial charge in [-0.3, -0.25) is 0 Å². The summed E-state index contributed by atoms with van der Waals surface area (Å²) in [6, 6.07) is 8.44. The monoisotopic (exact) mass is 248 g/mol. The van der Waals surface area contributed by atoms with Crippen LogP contribution in [-0.2, 0) is 6.42 Å². The Kier molecular flexibility index (Phi) is 5.02. The van der Waals surface area contributed by atoms with E-state index in [0.29, 0.717) is 5.92 Å². The van der Waals surface area contributed by atoms with E-state index in [1.54, 1.807) is 0 Å². The number of nitrogens with one attached hydrogen (secondary N) is 1. The summed E-state index contributed by atoms with van der Waals surface area (Å²) in [6.45, 7) is 4.16. The first-order valence-electron chi connectivity index (χ1n) is 6.83. The lowest BCUT2D eigenvalue weighted by atomic mass is 9.96. The third kappa shape index (κ3) is 3.72. The van der Waals surface area contributed by atoms with Crippen molar-refractivity contribution in [1.29, 1.82) is 0 Å². The van der Waals surface area contributed by atoms with Gasteiger partial charge in [-0.2, -0.15) is 0 Å². The molecule has 18 heavy (non-hydrogen) atoms. The van der Waals surface area contributed by atoms with Crippen molar-refractivity contribution >= 4 is 0 Å². The first kappa shape index (κ1) is 13.4. The van der Waals surface area contributed by atoms with E-state index in [1.165, 1.54) is 5.56 Å². The Labute approximate surface area is 110 Å². The van der Waals surface area contributed by atoms with Gasteiger partial charge >= 0.3 is 0 Å². The standard InChI is InChI=1S/C15H24N2O/c1-16-8-9-17(2)12-13-7-10-18-15-6-4-3-5-14(15)11-13/h3-6,13,16H,7-12H2,1-2H3/t13-/m0/s1. The molecule has 0 saturated heterocycles. The number of hydrogen-bond donors (Lipinski definition) is 1. The topological polar surface area (TPSA) is 24.5 Å². The summed E-state index contributed by atoms with van der Waals surface area (Å²) in [5, 5.41) is 3.20. The summed E-state index contributed by atoms with van der Waals surface area (Å²) >= 11 is 0. The number of hydrogen-bond acceptors (Lipinski definition) is 3. The van der Waals surface area contributed by atoms with E-state index in [4.69, 9.17) is 4.74 Å². The molecule has 0 saturated carbocycles. The lowest BCUT2D eigenvalue weighted by molar-refractivity contribution is 0.240. The van der Waals surface area contributed by atoms with E-state index < -0.39 is 0 Å². The number of rotatable bonds is 5. The third-order valence-electron chi connectivity index (χ3n) is 3.58. The molecular weight excluding hydrogens is 224 g/mol. The van der Waals surface area contributed by atoms with Crippen LogP contribution in [0.2, 0.25) is 0 Å². The van der Waals surface area contributed by atoms with Gasteiger partial charge in [0.2, 0.25) is 0 Å². The lowest BCUT2D eigenvalue weighted by Gasteiger charge is -2.22. The lowest BCUT2D eigenvalue weighted by Crippen LogP contribution is -2.32. The number of ether oxygens (including phenoxy) is 1. The maximum Gasteiger partial charge on any atom is 0.122 e. The first-order chi connectivity index (χ1) is 8.79. The molecule has 0 aliphatic carbocycles. The van der Waals surface area contributed by atoms with Crippen LogP contribution in [0.3, 0.4) is 0 Å². The first-order valence-corrected chi connectivity index (χ1v) is 6.83. The molecule has 1 aliphatic heterocycles. The zero-order valence-corrected chi connectivity index (χ0v) is 11.5. The van der Waals surface area contributed by atoms with Crippen LogP contribution in [-0.4, -0.2) is 45.2 Å². The highest BCUT2D eigenvalue weighted by molar-refractivity contribution is 5.34. The van der Waals surface area contributed by atoms with Crippen molar-refractivity contribution in [1.82, 2.24) is 10.2 Å². The van der Waals surface area contributed by atoms with Crippen LogP contribution in [0.25, 0.3) is 0 Å². The summed E-state index contributed by atoms with van der Waals surface area (Å²) in [4.78, 5) is 2.41. The van der Waals surface area contributed by atoms with Gasteiger partial charge in [0, 0.05) is 19.6 Å². The SMILES string of the molecule is CNCCN(C)C[C@H]1CCOc2ccccc2C1. The van der Waals surface area contributed by atoms with E-state index in [2.05, 4.69) is 41.5 Å². The van der Waals surface area contributed by atoms with E-state index in [1.807, 2.05) is 7.05 Å². The highest BCUT2D eigenvalue weighted by Gasteiger charge is 2.18. The highest BCUT2D eigenvalue weighted by atomic mass is 16.5. The zero-order chi connectivity index (χ0) is 12.8. The Balaban J connectivity index is 1.91. The molecule has 1 atom stereocenters. The normalized spacial score (nSPS) is 19.2. The van der Waals surface area contributed by atoms with Gasteiger partial charge in [0.15, 0.2) is 0 Å². The zero-order valence-electron chi connectivity index (χ0n) is 11.5. The van der Waals surface area contributed by atoms with Crippen LogP contribution < -0.4 is 10.1 Å². The van der Waals surface area contributed by atoms with Crippen LogP contribution in [0.15, 0.2) is 24.3 Å². The number of fused-ring (bicyclic) bond motifs is 1. The number of nitrogens with zero attached hydrogens (tertiary/aromatic N) is 1. The fourth-order valence-corrected chi connectivity index (χ4v) is 2.55. The molecule has 1 aliphatic rings. The second-order valence-electron chi connectivity index (χ2n) is 5.18. The van der Waals surface area contributed by atoms with Crippen molar-refractivity contribution < 1.29 is 4.74 Å². The molecule has 100 valence electrons. The van der Waals surface area contributed by atoms with E-state index in [0.717, 1.165) is 44.8 Å². The number of likely N-dealkylation sites (N-methyl/N-ethyl adjacent to an activating group) is 2. The minimum Gasteiger partial charge on any atom is -0.493 e. The second kappa shape index (κ2) is 6.76. The molecule has 0 bridgehead atoms. The van der Waals surface area contributed by atoms with Crippen molar-refractivity contribution in [2.24, 2.45) is 5.92 Å². The van der Waals surface area contributed by atoms with Crippen molar-refractivity contribution in [2.75, 3.05) is 40.3 Å². The Morgan fingerprint density at radius 3 is 3.06 bits per heavy atom. The molecule has 1 heterocycles. The largest absolute Gasteiger partial charge is 0.493 e. The van der Waals surface area contributed by atoms with Crippen LogP contribution >= 0.6 is 0 Å². The molecule has 0 unspecified atom stereocenters. The second-order valence-corrected chi connectivity index (χ2v) is 5.18. The predicted molar refractivity (Wildman–Crippen MR) is 75.2 cm³/mol. The maximum absolute atomic E-state index is 5.81. The third-order valence-corrected chi connectivity index (χ3v) is 3.58. The minimum atomic E-state index is 0.704. The van der Waals surface area contributed by atoms with Crippen LogP contribution in [0.1, 0.15) is 12.0 Å². The van der Waals surface area contributed by atoms with Gasteiger partial charge in [0.05, 0.1) is 6.61 Å². The molecule has 3 heteroatoms. The molecule has 1 aromatic rings. The van der Waals surface area contributed by atoms with Crippen molar-refractivity contribution in [3.63, 3.8) is 0 Å². The molecule has 1 N–H and O–H groups in total. The van der Waals surface area contributed by atoms with Crippen molar-refractivity contribution in [3.8, 4) is 5.75 Å². The van der Waals surface area contributed by atoms with Crippen molar-refractivity contribution in [2.45, 2.75) is 12.8 Å². The van der Waals surface area contributed by atoms with Crippen molar-refractivity contribution in [3.05, 3.63) is 29.8 Å². The summed E-state index contributed by atoms with van der Waals surface area (Å²) in [5.74, 6) is 1.79. The summed E-state index contributed by atoms with van der Waals surface area (Å²) < 4.78 is 5.81. The Hall–Kier alpha value is -1.06. The molecule has 0 amide bonds. The van der Waals surface area contributed by atoms with Gasteiger partial charge in [-0.15, -0.1) is 0 Å². The Morgan fingerprint density at radius 2 is 2.22 bits per heavy atom. The Bertz CT molecular complexity index is 367. The van der Waals surface area contributed by atoms with Gasteiger partial charge < -0.3 is 15.0 Å². The molecule has 0 aromatic heterocycles. The summed E-state index contributed by atoms with van der Waals surface area (Å²) in [7, 11) is 4.21. The smallest absolute Gasteiger partial charge is 0.122 e. The van der Waals surface area contributed by atoms with Gasteiger partial charge in [-0.05, 0) is 44.5 Å². The molecule has 0 radical (unpaired) electrons. The molecule has 1 aromatic carbocycles. The number of para-hydroxylation sites is 1. The van der Waals surface area contributed by atoms with E-state index >= 15 is 0 Å². The predicted octanol–water partition coefficient (Wildman–Crippen LogP) is 1.78. The minimum absolute atomic E-state index is 0.704. The average Bonchev–Trinajstić information content (AvgIpc) is 2.57. The average molecular weight is 248 g/mol. The summed E-state index contributed by atoms with van der Waals surface area (Å²) in [5.41, 5.74) is 1.36. The molecule has 0 spiro atoms. The molecule has 3 nitrogen and oxygen atoms in total. The quantitative estimate of drug-likeness (QED) is 0.859. The van der Waals surface area contributed by atoms with Gasteiger partial charge in [0.25, 0.3) is 0 Å². The summed E-state index contributed by atoms with van der Waals surface area (Å²) in [6.07, 6.45) is 2.29. The van der Waals surface area contributed by atoms with E-state index in [9.17, 15) is 0 Å². The van der Waals surface area contributed by atoms with Gasteiger partial charge in [0.1, 0.15) is 5.75 Å². The van der Waals surface area contributed by atoms with Crippen LogP contribution in [0.4, 0.5) is 0 Å². The fraction of sp³-hybridized carbons (Fsp3) is 0.600. The van der Waals surface area contributed by atoms with Crippen LogP contribution in [0, 0.1) is 5.92 Å².